The van der Waals surface area contributed by atoms with Crippen molar-refractivity contribution in [3.63, 3.8) is 0 Å². The number of halogens is 1. The highest BCUT2D eigenvalue weighted by Crippen LogP contribution is 2.22. The van der Waals surface area contributed by atoms with Crippen molar-refractivity contribution in [2.24, 2.45) is 5.84 Å². The maximum Gasteiger partial charge on any atom is 0.239 e. The first kappa shape index (κ1) is 13.0. The number of hydrogen-bond acceptors (Lipinski definition) is 6. The first-order valence-electron chi connectivity index (χ1n) is 6.14. The van der Waals surface area contributed by atoms with E-state index in [9.17, 15) is 9.50 Å². The SMILES string of the molecule is NNc1ncc(F)c(NC2CCCCCC2O)n1. The van der Waals surface area contributed by atoms with Gasteiger partial charge in [0.1, 0.15) is 0 Å². The summed E-state index contributed by atoms with van der Waals surface area (Å²) in [6.45, 7) is 0. The van der Waals surface area contributed by atoms with Gasteiger partial charge in [0.05, 0.1) is 18.3 Å². The Hall–Kier alpha value is -1.47. The lowest BCUT2D eigenvalue weighted by atomic mass is 10.1. The Balaban J connectivity index is 2.11. The van der Waals surface area contributed by atoms with Gasteiger partial charge in [0.2, 0.25) is 5.95 Å². The molecule has 18 heavy (non-hydrogen) atoms. The molecule has 1 aliphatic carbocycles. The molecular formula is C11H18FN5O. The topological polar surface area (TPSA) is 96.1 Å². The molecule has 0 radical (unpaired) electrons. The summed E-state index contributed by atoms with van der Waals surface area (Å²) in [5.41, 5.74) is 2.26. The van der Waals surface area contributed by atoms with Gasteiger partial charge in [0.25, 0.3) is 0 Å². The third kappa shape index (κ3) is 3.05. The second-order valence-electron chi connectivity index (χ2n) is 4.49. The molecule has 0 aliphatic heterocycles. The summed E-state index contributed by atoms with van der Waals surface area (Å²) >= 11 is 0. The lowest BCUT2D eigenvalue weighted by Crippen LogP contribution is -2.33. The van der Waals surface area contributed by atoms with Crippen molar-refractivity contribution in [3.05, 3.63) is 12.0 Å². The molecule has 1 aromatic heterocycles. The molecule has 5 N–H and O–H groups in total. The number of nitrogens with two attached hydrogens (primary N) is 1. The first-order valence-corrected chi connectivity index (χ1v) is 6.14. The normalized spacial score (nSPS) is 24.4. The molecular weight excluding hydrogens is 237 g/mol. The number of hydrogen-bond donors (Lipinski definition) is 4. The van der Waals surface area contributed by atoms with Crippen molar-refractivity contribution in [3.8, 4) is 0 Å². The molecule has 1 fully saturated rings. The summed E-state index contributed by atoms with van der Waals surface area (Å²) in [5, 5.41) is 12.9. The van der Waals surface area contributed by atoms with E-state index in [4.69, 9.17) is 5.84 Å². The van der Waals surface area contributed by atoms with Crippen molar-refractivity contribution in [2.75, 3.05) is 10.7 Å². The third-order valence-corrected chi connectivity index (χ3v) is 3.17. The van der Waals surface area contributed by atoms with Crippen LogP contribution >= 0.6 is 0 Å². The number of nitrogens with one attached hydrogen (secondary N) is 2. The van der Waals surface area contributed by atoms with Gasteiger partial charge < -0.3 is 10.4 Å². The van der Waals surface area contributed by atoms with Gasteiger partial charge in [-0.2, -0.15) is 4.98 Å². The Labute approximate surface area is 105 Å². The van der Waals surface area contributed by atoms with Gasteiger partial charge in [-0.1, -0.05) is 19.3 Å². The van der Waals surface area contributed by atoms with Crippen molar-refractivity contribution < 1.29 is 9.50 Å². The monoisotopic (exact) mass is 255 g/mol. The molecule has 0 saturated heterocycles. The number of aliphatic hydroxyl groups is 1. The van der Waals surface area contributed by atoms with Gasteiger partial charge in [-0.05, 0) is 12.8 Å². The average Bonchev–Trinajstić information content (AvgIpc) is 2.58. The molecule has 0 amide bonds. The van der Waals surface area contributed by atoms with E-state index in [1.165, 1.54) is 0 Å². The summed E-state index contributed by atoms with van der Waals surface area (Å²) in [6.07, 6.45) is 5.22. The van der Waals surface area contributed by atoms with E-state index < -0.39 is 11.9 Å². The minimum Gasteiger partial charge on any atom is -0.391 e. The van der Waals surface area contributed by atoms with Gasteiger partial charge in [-0.15, -0.1) is 0 Å². The quantitative estimate of drug-likeness (QED) is 0.366. The van der Waals surface area contributed by atoms with Crippen LogP contribution in [0.1, 0.15) is 32.1 Å². The lowest BCUT2D eigenvalue weighted by Gasteiger charge is -2.22. The number of nitrogen functional groups attached to an aromatic ring is 1. The third-order valence-electron chi connectivity index (χ3n) is 3.17. The largest absolute Gasteiger partial charge is 0.391 e. The number of nitrogens with zero attached hydrogens (tertiary/aromatic N) is 2. The molecule has 6 nitrogen and oxygen atoms in total. The van der Waals surface area contributed by atoms with Crippen LogP contribution in [-0.4, -0.2) is 27.2 Å². The summed E-state index contributed by atoms with van der Waals surface area (Å²) in [7, 11) is 0. The van der Waals surface area contributed by atoms with Crippen LogP contribution in [0, 0.1) is 5.82 Å². The van der Waals surface area contributed by atoms with Crippen molar-refractivity contribution in [1.29, 1.82) is 0 Å². The zero-order chi connectivity index (χ0) is 13.0. The highest BCUT2D eigenvalue weighted by molar-refractivity contribution is 5.41. The van der Waals surface area contributed by atoms with Crippen LogP contribution in [0.5, 0.6) is 0 Å². The smallest absolute Gasteiger partial charge is 0.239 e. The molecule has 1 heterocycles. The zero-order valence-electron chi connectivity index (χ0n) is 10.1. The van der Waals surface area contributed by atoms with E-state index in [1.54, 1.807) is 0 Å². The highest BCUT2D eigenvalue weighted by atomic mass is 19.1. The molecule has 7 heteroatoms. The maximum absolute atomic E-state index is 13.6. The average molecular weight is 255 g/mol. The fourth-order valence-electron chi connectivity index (χ4n) is 2.17. The first-order chi connectivity index (χ1) is 8.70. The van der Waals surface area contributed by atoms with E-state index in [0.29, 0.717) is 0 Å². The van der Waals surface area contributed by atoms with E-state index in [-0.39, 0.29) is 17.8 Å². The van der Waals surface area contributed by atoms with E-state index >= 15 is 0 Å². The molecule has 0 spiro atoms. The van der Waals surface area contributed by atoms with Crippen LogP contribution in [0.15, 0.2) is 6.20 Å². The van der Waals surface area contributed by atoms with E-state index in [0.717, 1.165) is 38.3 Å². The fourth-order valence-corrected chi connectivity index (χ4v) is 2.17. The number of hydrazine groups is 1. The van der Waals surface area contributed by atoms with E-state index in [2.05, 4.69) is 20.7 Å². The molecule has 2 rings (SSSR count). The molecule has 1 saturated carbocycles. The van der Waals surface area contributed by atoms with Gasteiger partial charge in [-0.3, -0.25) is 5.43 Å². The molecule has 2 unspecified atom stereocenters. The Kier molecular flexibility index (Phi) is 4.27. The predicted molar refractivity (Wildman–Crippen MR) is 66.3 cm³/mol. The summed E-state index contributed by atoms with van der Waals surface area (Å²) in [5.74, 6) is 4.84. The zero-order valence-corrected chi connectivity index (χ0v) is 10.1. The van der Waals surface area contributed by atoms with Crippen LogP contribution in [0.3, 0.4) is 0 Å². The Bertz CT molecular complexity index is 403. The Morgan fingerprint density at radius 3 is 2.89 bits per heavy atom. The molecule has 0 bridgehead atoms. The van der Waals surface area contributed by atoms with Crippen molar-refractivity contribution >= 4 is 11.8 Å². The number of anilines is 2. The lowest BCUT2D eigenvalue weighted by molar-refractivity contribution is 0.144. The van der Waals surface area contributed by atoms with Crippen LogP contribution in [-0.2, 0) is 0 Å². The second-order valence-corrected chi connectivity index (χ2v) is 4.49. The molecule has 100 valence electrons. The highest BCUT2D eigenvalue weighted by Gasteiger charge is 2.23. The maximum atomic E-state index is 13.6. The van der Waals surface area contributed by atoms with Crippen LogP contribution < -0.4 is 16.6 Å². The minimum absolute atomic E-state index is 0.0731. The standard InChI is InChI=1S/C11H18FN5O/c12-7-6-14-11(17-13)16-10(7)15-8-4-2-1-3-5-9(8)18/h6,8-9,18H,1-5,13H2,(H2,14,15,16,17). The number of rotatable bonds is 3. The van der Waals surface area contributed by atoms with E-state index in [1.807, 2.05) is 0 Å². The predicted octanol–water partition coefficient (Wildman–Crippen LogP) is 1.01. The van der Waals surface area contributed by atoms with Gasteiger partial charge in [-0.25, -0.2) is 15.2 Å². The van der Waals surface area contributed by atoms with Gasteiger partial charge in [0.15, 0.2) is 11.6 Å². The summed E-state index contributed by atoms with van der Waals surface area (Å²) in [4.78, 5) is 7.57. The molecule has 1 aromatic rings. The number of aromatic nitrogens is 2. The molecule has 1 aliphatic rings. The van der Waals surface area contributed by atoms with Crippen LogP contribution in [0.2, 0.25) is 0 Å². The van der Waals surface area contributed by atoms with Gasteiger partial charge in [0, 0.05) is 0 Å². The van der Waals surface area contributed by atoms with Crippen molar-refractivity contribution in [1.82, 2.24) is 9.97 Å². The van der Waals surface area contributed by atoms with Crippen LogP contribution in [0.4, 0.5) is 16.2 Å². The minimum atomic E-state index is -0.551. The number of aliphatic hydroxyl groups excluding tert-OH is 1. The second kappa shape index (κ2) is 5.92. The Morgan fingerprint density at radius 2 is 2.11 bits per heavy atom. The molecule has 2 atom stereocenters. The summed E-state index contributed by atoms with van der Waals surface area (Å²) in [6, 6.07) is -0.178. The summed E-state index contributed by atoms with van der Waals surface area (Å²) < 4.78 is 13.6. The van der Waals surface area contributed by atoms with Crippen LogP contribution in [0.25, 0.3) is 0 Å². The van der Waals surface area contributed by atoms with Gasteiger partial charge >= 0.3 is 0 Å². The Morgan fingerprint density at radius 1 is 1.33 bits per heavy atom. The fraction of sp³-hybridized carbons (Fsp3) is 0.636. The van der Waals surface area contributed by atoms with Crippen molar-refractivity contribution in [2.45, 2.75) is 44.2 Å². The molecule has 0 aromatic carbocycles.